The average molecular weight is 445 g/mol. The fourth-order valence-electron chi connectivity index (χ4n) is 2.93. The highest BCUT2D eigenvalue weighted by Gasteiger charge is 2.27. The van der Waals surface area contributed by atoms with Gasteiger partial charge >= 0.3 is 0 Å². The molecule has 9 nitrogen and oxygen atoms in total. The molecule has 31 heavy (non-hydrogen) atoms. The fraction of sp³-hybridized carbons (Fsp3) is 0.333. The van der Waals surface area contributed by atoms with E-state index < -0.39 is 0 Å². The second-order valence-electron chi connectivity index (χ2n) is 6.51. The highest BCUT2D eigenvalue weighted by Crippen LogP contribution is 2.35. The molecule has 0 atom stereocenters. The average Bonchev–Trinajstić information content (AvgIpc) is 2.77. The number of anilines is 1. The number of aliphatic hydroxyl groups excluding tert-OH is 1. The van der Waals surface area contributed by atoms with Crippen LogP contribution in [0.2, 0.25) is 0 Å². The van der Waals surface area contributed by atoms with Crippen LogP contribution in [0.5, 0.6) is 11.5 Å². The van der Waals surface area contributed by atoms with Crippen LogP contribution >= 0.6 is 11.8 Å². The van der Waals surface area contributed by atoms with Crippen LogP contribution in [0.3, 0.4) is 0 Å². The molecule has 0 fully saturated rings. The molecule has 0 saturated carbocycles. The Morgan fingerprint density at radius 1 is 1.13 bits per heavy atom. The van der Waals surface area contributed by atoms with Crippen LogP contribution in [0.15, 0.2) is 40.7 Å². The maximum absolute atomic E-state index is 12.7. The van der Waals surface area contributed by atoms with Gasteiger partial charge in [-0.1, -0.05) is 0 Å². The van der Waals surface area contributed by atoms with Crippen LogP contribution in [0.1, 0.15) is 6.92 Å². The molecule has 1 aliphatic rings. The number of nitrogens with one attached hydrogen (secondary N) is 1. The normalized spacial score (nSPS) is 14.1. The van der Waals surface area contributed by atoms with Crippen LogP contribution < -0.4 is 14.8 Å². The van der Waals surface area contributed by atoms with Gasteiger partial charge in [0, 0.05) is 29.9 Å². The minimum Gasteiger partial charge on any atom is -0.493 e. The van der Waals surface area contributed by atoms with E-state index in [0.717, 1.165) is 11.8 Å². The molecule has 0 saturated heterocycles. The number of carbonyl (C=O) groups is 2. The Kier molecular flexibility index (Phi) is 7.61. The standard InChI is InChI=1S/C21H23N3O6S/c1-12-8-15(26)18(20(19(12)27)31-7-4-25)24-21-13-9-16(29-3)17(30-6-5-28-2)10-14(13)22-11-23-21/h8-11,25H,4-7H2,1-3H3,(H,22,23,24). The SMILES string of the molecule is COCCOc1cc2ncnc(NC3=C(SCCO)C(=O)C(C)=CC3=O)c2cc1OC. The van der Waals surface area contributed by atoms with E-state index in [2.05, 4.69) is 15.3 Å². The van der Waals surface area contributed by atoms with E-state index in [-0.39, 0.29) is 34.5 Å². The second-order valence-corrected chi connectivity index (χ2v) is 7.61. The molecule has 1 aromatic heterocycles. The number of thioether (sulfide) groups is 1. The lowest BCUT2D eigenvalue weighted by Gasteiger charge is -2.19. The van der Waals surface area contributed by atoms with Crippen molar-refractivity contribution in [1.29, 1.82) is 0 Å². The molecule has 1 aliphatic carbocycles. The number of hydrogen-bond acceptors (Lipinski definition) is 10. The molecule has 0 aliphatic heterocycles. The van der Waals surface area contributed by atoms with Gasteiger partial charge < -0.3 is 24.6 Å². The van der Waals surface area contributed by atoms with Crippen molar-refractivity contribution >= 4 is 40.0 Å². The van der Waals surface area contributed by atoms with E-state index in [4.69, 9.17) is 19.3 Å². The first-order chi connectivity index (χ1) is 15.0. The summed E-state index contributed by atoms with van der Waals surface area (Å²) in [5, 5.41) is 12.8. The van der Waals surface area contributed by atoms with Crippen LogP contribution in [-0.2, 0) is 14.3 Å². The van der Waals surface area contributed by atoms with Crippen molar-refractivity contribution in [3.8, 4) is 11.5 Å². The lowest BCUT2D eigenvalue weighted by molar-refractivity contribution is -0.115. The van der Waals surface area contributed by atoms with Crippen LogP contribution in [-0.4, -0.2) is 66.4 Å². The predicted octanol–water partition coefficient (Wildman–Crippen LogP) is 2.11. The highest BCUT2D eigenvalue weighted by atomic mass is 32.2. The quantitative estimate of drug-likeness (QED) is 0.415. The molecule has 0 amide bonds. The van der Waals surface area contributed by atoms with Gasteiger partial charge in [-0.25, -0.2) is 9.97 Å². The van der Waals surface area contributed by atoms with Crippen LogP contribution in [0.4, 0.5) is 5.82 Å². The Morgan fingerprint density at radius 3 is 2.65 bits per heavy atom. The number of nitrogens with zero attached hydrogens (tertiary/aromatic N) is 2. The number of aliphatic hydroxyl groups is 1. The molecule has 0 unspecified atom stereocenters. The zero-order valence-electron chi connectivity index (χ0n) is 17.4. The van der Waals surface area contributed by atoms with Gasteiger partial charge in [-0.15, -0.1) is 11.8 Å². The first-order valence-corrected chi connectivity index (χ1v) is 10.5. The number of hydrogen-bond donors (Lipinski definition) is 2. The molecule has 164 valence electrons. The summed E-state index contributed by atoms with van der Waals surface area (Å²) in [6, 6.07) is 3.42. The predicted molar refractivity (Wildman–Crippen MR) is 117 cm³/mol. The summed E-state index contributed by atoms with van der Waals surface area (Å²) < 4.78 is 16.1. The highest BCUT2D eigenvalue weighted by molar-refractivity contribution is 8.04. The summed E-state index contributed by atoms with van der Waals surface area (Å²) in [4.78, 5) is 34.1. The lowest BCUT2D eigenvalue weighted by Crippen LogP contribution is -2.22. The first-order valence-electron chi connectivity index (χ1n) is 9.47. The monoisotopic (exact) mass is 445 g/mol. The van der Waals surface area contributed by atoms with Gasteiger partial charge in [-0.3, -0.25) is 9.59 Å². The number of ether oxygens (including phenoxy) is 3. The van der Waals surface area contributed by atoms with Crippen molar-refractivity contribution in [2.75, 3.05) is 45.1 Å². The summed E-state index contributed by atoms with van der Waals surface area (Å²) in [5.74, 6) is 0.997. The number of allylic oxidation sites excluding steroid dienone is 3. The summed E-state index contributed by atoms with van der Waals surface area (Å²) in [5.41, 5.74) is 1.04. The van der Waals surface area contributed by atoms with E-state index in [1.807, 2.05) is 0 Å². The van der Waals surface area contributed by atoms with Crippen LogP contribution in [0.25, 0.3) is 10.9 Å². The van der Waals surface area contributed by atoms with E-state index >= 15 is 0 Å². The molecule has 0 bridgehead atoms. The van der Waals surface area contributed by atoms with Gasteiger partial charge in [0.15, 0.2) is 17.3 Å². The van der Waals surface area contributed by atoms with Crippen molar-refractivity contribution in [3.63, 3.8) is 0 Å². The summed E-state index contributed by atoms with van der Waals surface area (Å²) in [7, 11) is 3.10. The number of Topliss-reactive ketones (excluding diaryl/α,β-unsaturated/α-hetero) is 1. The smallest absolute Gasteiger partial charge is 0.203 e. The van der Waals surface area contributed by atoms with E-state index in [1.54, 1.807) is 26.2 Å². The maximum Gasteiger partial charge on any atom is 0.203 e. The Labute approximate surface area is 183 Å². The fourth-order valence-corrected chi connectivity index (χ4v) is 3.82. The number of carbonyl (C=O) groups excluding carboxylic acids is 2. The molecule has 2 N–H and O–H groups in total. The molecule has 1 aromatic carbocycles. The van der Waals surface area contributed by atoms with E-state index in [1.165, 1.54) is 19.5 Å². The maximum atomic E-state index is 12.7. The molecule has 0 spiro atoms. The van der Waals surface area contributed by atoms with E-state index in [0.29, 0.717) is 47.0 Å². The Balaban J connectivity index is 2.02. The number of fused-ring (bicyclic) bond motifs is 1. The molecule has 2 aromatic rings. The summed E-state index contributed by atoms with van der Waals surface area (Å²) >= 11 is 1.12. The van der Waals surface area contributed by atoms with Gasteiger partial charge in [0.05, 0.1) is 30.7 Å². The largest absolute Gasteiger partial charge is 0.493 e. The Hall–Kier alpha value is -2.95. The van der Waals surface area contributed by atoms with Crippen molar-refractivity contribution < 1.29 is 28.9 Å². The zero-order chi connectivity index (χ0) is 22.4. The van der Waals surface area contributed by atoms with Crippen molar-refractivity contribution in [2.45, 2.75) is 6.92 Å². The van der Waals surface area contributed by atoms with Crippen molar-refractivity contribution in [3.05, 3.63) is 40.7 Å². The number of ketones is 2. The Bertz CT molecular complexity index is 1070. The van der Waals surface area contributed by atoms with Crippen LogP contribution in [0, 0.1) is 0 Å². The summed E-state index contributed by atoms with van der Waals surface area (Å²) in [6.45, 7) is 2.23. The molecular weight excluding hydrogens is 422 g/mol. The van der Waals surface area contributed by atoms with Gasteiger partial charge in [-0.2, -0.15) is 0 Å². The van der Waals surface area contributed by atoms with Gasteiger partial charge in [-0.05, 0) is 19.1 Å². The van der Waals surface area contributed by atoms with Crippen molar-refractivity contribution in [1.82, 2.24) is 9.97 Å². The topological polar surface area (TPSA) is 120 Å². The van der Waals surface area contributed by atoms with Gasteiger partial charge in [0.2, 0.25) is 5.78 Å². The Morgan fingerprint density at radius 2 is 1.94 bits per heavy atom. The number of benzene rings is 1. The van der Waals surface area contributed by atoms with E-state index in [9.17, 15) is 9.59 Å². The third kappa shape index (κ3) is 5.04. The molecule has 10 heteroatoms. The minimum atomic E-state index is -0.337. The number of rotatable bonds is 10. The van der Waals surface area contributed by atoms with Crippen molar-refractivity contribution in [2.24, 2.45) is 0 Å². The second kappa shape index (κ2) is 10.4. The number of methoxy groups -OCH3 is 2. The van der Waals surface area contributed by atoms with Gasteiger partial charge in [0.1, 0.15) is 24.4 Å². The number of aromatic nitrogens is 2. The summed E-state index contributed by atoms with van der Waals surface area (Å²) in [6.07, 6.45) is 2.65. The molecule has 3 rings (SSSR count). The lowest BCUT2D eigenvalue weighted by atomic mass is 10.0. The minimum absolute atomic E-state index is 0.119. The zero-order valence-corrected chi connectivity index (χ0v) is 18.2. The molecule has 1 heterocycles. The third-order valence-corrected chi connectivity index (χ3v) is 5.50. The third-order valence-electron chi connectivity index (χ3n) is 4.43. The molecular formula is C21H23N3O6S. The first kappa shape index (κ1) is 22.7. The van der Waals surface area contributed by atoms with Gasteiger partial charge in [0.25, 0.3) is 0 Å². The molecule has 0 radical (unpaired) electrons.